The Morgan fingerprint density at radius 3 is 1.21 bits per heavy atom. The predicted molar refractivity (Wildman–Crippen MR) is 212 cm³/mol. The Labute approximate surface area is 300 Å². The number of hydrogen-bond acceptors (Lipinski definition) is 3. The van der Waals surface area contributed by atoms with Gasteiger partial charge >= 0.3 is 0 Å². The quantitative estimate of drug-likeness (QED) is 0.0451. The van der Waals surface area contributed by atoms with Crippen LogP contribution in [0.1, 0.15) is 219 Å². The summed E-state index contributed by atoms with van der Waals surface area (Å²) in [6, 6.07) is -0.639. The van der Waals surface area contributed by atoms with E-state index < -0.39 is 12.1 Å². The van der Waals surface area contributed by atoms with Gasteiger partial charge in [0.25, 0.3) is 0 Å². The topological polar surface area (TPSA) is 69.6 Å². The Hall–Kier alpha value is -1.39. The molecule has 0 aliphatic carbocycles. The second-order valence-electron chi connectivity index (χ2n) is 14.4. The third-order valence-electron chi connectivity index (χ3n) is 9.60. The van der Waals surface area contributed by atoms with E-state index in [-0.39, 0.29) is 12.5 Å². The number of amides is 1. The van der Waals surface area contributed by atoms with Crippen LogP contribution >= 0.6 is 0 Å². The molecule has 3 N–H and O–H groups in total. The number of carbonyl (C=O) groups excluding carboxylic acids is 1. The monoisotopic (exact) mass is 674 g/mol. The maximum atomic E-state index is 12.4. The number of aliphatic hydroxyl groups is 2. The van der Waals surface area contributed by atoms with Gasteiger partial charge in [0.15, 0.2) is 0 Å². The Balaban J connectivity index is 3.62. The molecule has 0 rings (SSSR count). The second kappa shape index (κ2) is 40.0. The minimum Gasteiger partial charge on any atom is -0.394 e. The number of allylic oxidation sites excluding steroid dienone is 5. The van der Waals surface area contributed by atoms with Crippen molar-refractivity contribution in [3.63, 3.8) is 0 Å². The molecule has 0 aliphatic rings. The average Bonchev–Trinajstić information content (AvgIpc) is 3.09. The summed E-state index contributed by atoms with van der Waals surface area (Å²) in [6.07, 6.45) is 52.4. The summed E-state index contributed by atoms with van der Waals surface area (Å²) in [7, 11) is 0. The van der Waals surface area contributed by atoms with Crippen molar-refractivity contribution < 1.29 is 15.0 Å². The van der Waals surface area contributed by atoms with Crippen LogP contribution in [0.2, 0.25) is 0 Å². The number of carbonyl (C=O) groups is 1. The zero-order valence-corrected chi connectivity index (χ0v) is 32.3. The third kappa shape index (κ3) is 35.9. The maximum absolute atomic E-state index is 12.4. The van der Waals surface area contributed by atoms with Crippen LogP contribution in [0, 0.1) is 0 Å². The van der Waals surface area contributed by atoms with Gasteiger partial charge in [-0.3, -0.25) is 4.79 Å². The second-order valence-corrected chi connectivity index (χ2v) is 14.4. The molecular formula is C44H83NO3. The van der Waals surface area contributed by atoms with Crippen LogP contribution in [0.3, 0.4) is 0 Å². The minimum absolute atomic E-state index is 0.0781. The number of nitrogens with one attached hydrogen (secondary N) is 1. The van der Waals surface area contributed by atoms with E-state index in [2.05, 4.69) is 43.5 Å². The first-order valence-corrected chi connectivity index (χ1v) is 21.2. The molecule has 0 heterocycles. The largest absolute Gasteiger partial charge is 0.394 e. The van der Waals surface area contributed by atoms with E-state index in [1.807, 2.05) is 6.08 Å². The van der Waals surface area contributed by atoms with Gasteiger partial charge in [0.1, 0.15) is 0 Å². The number of unbranched alkanes of at least 4 members (excludes halogenated alkanes) is 27. The van der Waals surface area contributed by atoms with Crippen molar-refractivity contribution in [2.24, 2.45) is 0 Å². The highest BCUT2D eigenvalue weighted by molar-refractivity contribution is 5.76. The lowest BCUT2D eigenvalue weighted by Gasteiger charge is -2.19. The molecule has 1 amide bonds. The van der Waals surface area contributed by atoms with Gasteiger partial charge in [-0.15, -0.1) is 0 Å². The van der Waals surface area contributed by atoms with Crippen molar-refractivity contribution in [3.8, 4) is 0 Å². The van der Waals surface area contributed by atoms with Gasteiger partial charge in [-0.1, -0.05) is 192 Å². The van der Waals surface area contributed by atoms with E-state index in [9.17, 15) is 15.0 Å². The number of hydrogen-bond donors (Lipinski definition) is 3. The smallest absolute Gasteiger partial charge is 0.220 e. The molecule has 0 aliphatic heterocycles. The molecule has 0 fully saturated rings. The van der Waals surface area contributed by atoms with Crippen LogP contribution in [0.15, 0.2) is 36.5 Å². The van der Waals surface area contributed by atoms with Crippen LogP contribution in [-0.2, 0) is 4.79 Å². The van der Waals surface area contributed by atoms with E-state index in [0.717, 1.165) is 32.1 Å². The molecule has 0 bridgehead atoms. The Bertz CT molecular complexity index is 731. The van der Waals surface area contributed by atoms with Crippen LogP contribution in [0.4, 0.5) is 0 Å². The molecule has 282 valence electrons. The minimum atomic E-state index is -0.862. The summed E-state index contributed by atoms with van der Waals surface area (Å²) >= 11 is 0. The molecule has 0 saturated heterocycles. The van der Waals surface area contributed by atoms with Gasteiger partial charge in [-0.2, -0.15) is 0 Å². The SMILES string of the molecule is CCCCCCCCCC/C=C\CCCCCCCCCC(=O)NC(CO)C(O)/C=C/CC/C=C/CCCCCCCCCCCCC. The molecule has 2 atom stereocenters. The van der Waals surface area contributed by atoms with E-state index in [4.69, 9.17) is 0 Å². The fourth-order valence-electron chi connectivity index (χ4n) is 6.31. The fraction of sp³-hybridized carbons (Fsp3) is 0.841. The zero-order chi connectivity index (χ0) is 35.0. The Morgan fingerprint density at radius 1 is 0.479 bits per heavy atom. The lowest BCUT2D eigenvalue weighted by Crippen LogP contribution is -2.45. The zero-order valence-electron chi connectivity index (χ0n) is 32.3. The van der Waals surface area contributed by atoms with Gasteiger partial charge < -0.3 is 15.5 Å². The summed E-state index contributed by atoms with van der Waals surface area (Å²) in [5.41, 5.74) is 0. The summed E-state index contributed by atoms with van der Waals surface area (Å²) in [6.45, 7) is 4.30. The van der Waals surface area contributed by atoms with Crippen molar-refractivity contribution in [2.75, 3.05) is 6.61 Å². The van der Waals surface area contributed by atoms with Crippen LogP contribution in [0.25, 0.3) is 0 Å². The molecule has 4 heteroatoms. The van der Waals surface area contributed by atoms with Gasteiger partial charge in [0, 0.05) is 6.42 Å². The molecule has 48 heavy (non-hydrogen) atoms. The highest BCUT2D eigenvalue weighted by Crippen LogP contribution is 2.14. The molecule has 4 nitrogen and oxygen atoms in total. The van der Waals surface area contributed by atoms with Crippen molar-refractivity contribution >= 4 is 5.91 Å². The number of rotatable bonds is 38. The first-order chi connectivity index (χ1) is 23.7. The van der Waals surface area contributed by atoms with Crippen molar-refractivity contribution in [3.05, 3.63) is 36.5 Å². The lowest BCUT2D eigenvalue weighted by molar-refractivity contribution is -0.123. The normalized spacial score (nSPS) is 13.3. The van der Waals surface area contributed by atoms with Gasteiger partial charge in [0.05, 0.1) is 18.8 Å². The fourth-order valence-corrected chi connectivity index (χ4v) is 6.31. The van der Waals surface area contributed by atoms with Crippen LogP contribution in [-0.4, -0.2) is 34.9 Å². The van der Waals surface area contributed by atoms with E-state index in [1.54, 1.807) is 6.08 Å². The first kappa shape index (κ1) is 46.6. The molecule has 0 aromatic heterocycles. The summed E-state index contributed by atoms with van der Waals surface area (Å²) in [4.78, 5) is 12.4. The molecule has 0 saturated carbocycles. The lowest BCUT2D eigenvalue weighted by atomic mass is 10.1. The highest BCUT2D eigenvalue weighted by Gasteiger charge is 2.17. The van der Waals surface area contributed by atoms with Crippen LogP contribution < -0.4 is 5.32 Å². The van der Waals surface area contributed by atoms with Crippen LogP contribution in [0.5, 0.6) is 0 Å². The van der Waals surface area contributed by atoms with Crippen molar-refractivity contribution in [1.82, 2.24) is 5.32 Å². The predicted octanol–water partition coefficient (Wildman–Crippen LogP) is 13.0. The first-order valence-electron chi connectivity index (χ1n) is 21.2. The molecule has 0 spiro atoms. The van der Waals surface area contributed by atoms with Gasteiger partial charge in [-0.25, -0.2) is 0 Å². The summed E-state index contributed by atoms with van der Waals surface area (Å²) in [5, 5.41) is 23.0. The molecule has 0 radical (unpaired) electrons. The molecular weight excluding hydrogens is 590 g/mol. The maximum Gasteiger partial charge on any atom is 0.220 e. The van der Waals surface area contributed by atoms with Crippen molar-refractivity contribution in [2.45, 2.75) is 231 Å². The number of aliphatic hydroxyl groups excluding tert-OH is 2. The highest BCUT2D eigenvalue weighted by atomic mass is 16.3. The van der Waals surface area contributed by atoms with Gasteiger partial charge in [-0.05, 0) is 57.8 Å². The average molecular weight is 674 g/mol. The van der Waals surface area contributed by atoms with E-state index in [0.29, 0.717) is 6.42 Å². The van der Waals surface area contributed by atoms with E-state index >= 15 is 0 Å². The third-order valence-corrected chi connectivity index (χ3v) is 9.60. The molecule has 2 unspecified atom stereocenters. The standard InChI is InChI=1S/C44H83NO3/c1-3-5-7-9-11-13-15-17-19-21-22-24-26-28-30-32-34-36-38-40-44(48)45-42(41-46)43(47)39-37-35-33-31-29-27-25-23-20-18-16-14-12-10-8-6-4-2/h21-22,29,31,37,39,42-43,46-47H,3-20,23-28,30,32-36,38,40-41H2,1-2H3,(H,45,48)/b22-21-,31-29+,39-37+. The molecule has 0 aromatic carbocycles. The van der Waals surface area contributed by atoms with Gasteiger partial charge in [0.2, 0.25) is 5.91 Å². The van der Waals surface area contributed by atoms with Crippen molar-refractivity contribution in [1.29, 1.82) is 0 Å². The van der Waals surface area contributed by atoms with E-state index in [1.165, 1.54) is 167 Å². The Kier molecular flexibility index (Phi) is 38.9. The molecule has 0 aromatic rings. The summed E-state index contributed by atoms with van der Waals surface area (Å²) < 4.78 is 0. The summed E-state index contributed by atoms with van der Waals surface area (Å²) in [5.74, 6) is -0.0781. The Morgan fingerprint density at radius 2 is 0.812 bits per heavy atom.